The molecule has 102 valence electrons. The van der Waals surface area contributed by atoms with Gasteiger partial charge in [0, 0.05) is 18.9 Å². The van der Waals surface area contributed by atoms with Crippen LogP contribution in [0.1, 0.15) is 11.3 Å². The number of rotatable bonds is 5. The van der Waals surface area contributed by atoms with E-state index in [0.717, 1.165) is 11.3 Å². The second kappa shape index (κ2) is 7.68. The normalized spacial score (nSPS) is 10.4. The van der Waals surface area contributed by atoms with Crippen molar-refractivity contribution >= 4 is 12.2 Å². The Labute approximate surface area is 117 Å². The summed E-state index contributed by atoms with van der Waals surface area (Å²) in [7, 11) is 0. The van der Waals surface area contributed by atoms with Crippen LogP contribution in [0.4, 0.5) is 4.79 Å². The fourth-order valence-electron chi connectivity index (χ4n) is 1.49. The number of amides is 1. The smallest absolute Gasteiger partial charge is 0.407 e. The summed E-state index contributed by atoms with van der Waals surface area (Å²) in [5.74, 6) is 0. The van der Waals surface area contributed by atoms with Crippen molar-refractivity contribution in [1.82, 2.24) is 15.3 Å². The van der Waals surface area contributed by atoms with E-state index < -0.39 is 6.09 Å². The number of benzene rings is 1. The van der Waals surface area contributed by atoms with Crippen molar-refractivity contribution in [2.24, 2.45) is 0 Å². The van der Waals surface area contributed by atoms with Crippen LogP contribution >= 0.6 is 0 Å². The standard InChI is InChI=1S/C15H15N3O2/c19-15(20-12-13-5-2-1-3-6-13)18-8-4-7-14-11-16-9-10-17-14/h1-7,9-11H,8,12H2,(H,18,19). The third-order valence-electron chi connectivity index (χ3n) is 2.45. The maximum Gasteiger partial charge on any atom is 0.407 e. The van der Waals surface area contributed by atoms with E-state index >= 15 is 0 Å². The van der Waals surface area contributed by atoms with Gasteiger partial charge in [0.2, 0.25) is 0 Å². The van der Waals surface area contributed by atoms with Gasteiger partial charge in [0.15, 0.2) is 0 Å². The molecule has 0 fully saturated rings. The van der Waals surface area contributed by atoms with Crippen LogP contribution < -0.4 is 5.32 Å². The van der Waals surface area contributed by atoms with Crippen LogP contribution in [0.15, 0.2) is 55.0 Å². The number of aromatic nitrogens is 2. The highest BCUT2D eigenvalue weighted by atomic mass is 16.5. The van der Waals surface area contributed by atoms with Crippen LogP contribution in [-0.2, 0) is 11.3 Å². The van der Waals surface area contributed by atoms with E-state index in [1.807, 2.05) is 30.3 Å². The minimum absolute atomic E-state index is 0.264. The Morgan fingerprint density at radius 2 is 2.10 bits per heavy atom. The van der Waals surface area contributed by atoms with Gasteiger partial charge in [-0.15, -0.1) is 0 Å². The molecule has 0 atom stereocenters. The summed E-state index contributed by atoms with van der Waals surface area (Å²) in [4.78, 5) is 19.4. The van der Waals surface area contributed by atoms with Gasteiger partial charge in [0.25, 0.3) is 0 Å². The molecule has 0 saturated heterocycles. The van der Waals surface area contributed by atoms with E-state index in [1.54, 1.807) is 30.7 Å². The van der Waals surface area contributed by atoms with Gasteiger partial charge in [-0.05, 0) is 11.6 Å². The topological polar surface area (TPSA) is 64.1 Å². The predicted octanol–water partition coefficient (Wildman–Crippen LogP) is 2.42. The SMILES string of the molecule is O=C(NCC=Cc1cnccn1)OCc1ccccc1. The zero-order valence-corrected chi connectivity index (χ0v) is 10.9. The van der Waals surface area contributed by atoms with Crippen molar-refractivity contribution < 1.29 is 9.53 Å². The van der Waals surface area contributed by atoms with Gasteiger partial charge in [0.05, 0.1) is 11.9 Å². The Morgan fingerprint density at radius 3 is 2.85 bits per heavy atom. The molecule has 0 saturated carbocycles. The maximum absolute atomic E-state index is 11.4. The molecule has 0 spiro atoms. The number of nitrogens with zero attached hydrogens (tertiary/aromatic N) is 2. The zero-order chi connectivity index (χ0) is 14.0. The third kappa shape index (κ3) is 4.89. The monoisotopic (exact) mass is 269 g/mol. The fourth-order valence-corrected chi connectivity index (χ4v) is 1.49. The number of hydrogen-bond donors (Lipinski definition) is 1. The van der Waals surface area contributed by atoms with Crippen molar-refractivity contribution in [3.05, 3.63) is 66.3 Å². The Balaban J connectivity index is 1.67. The highest BCUT2D eigenvalue weighted by Crippen LogP contribution is 2.00. The van der Waals surface area contributed by atoms with Gasteiger partial charge in [-0.1, -0.05) is 36.4 Å². The minimum atomic E-state index is -0.447. The third-order valence-corrected chi connectivity index (χ3v) is 2.45. The van der Waals surface area contributed by atoms with E-state index in [4.69, 9.17) is 4.74 Å². The van der Waals surface area contributed by atoms with E-state index in [0.29, 0.717) is 6.54 Å². The molecule has 1 aromatic carbocycles. The van der Waals surface area contributed by atoms with E-state index in [1.165, 1.54) is 0 Å². The lowest BCUT2D eigenvalue weighted by molar-refractivity contribution is 0.141. The van der Waals surface area contributed by atoms with E-state index in [-0.39, 0.29) is 6.61 Å². The molecular weight excluding hydrogens is 254 g/mol. The highest BCUT2D eigenvalue weighted by Gasteiger charge is 1.99. The summed E-state index contributed by atoms with van der Waals surface area (Å²) in [5.41, 5.74) is 1.70. The van der Waals surface area contributed by atoms with Gasteiger partial charge >= 0.3 is 6.09 Å². The average Bonchev–Trinajstić information content (AvgIpc) is 2.52. The molecule has 0 aliphatic carbocycles. The molecule has 20 heavy (non-hydrogen) atoms. The van der Waals surface area contributed by atoms with Crippen molar-refractivity contribution in [2.45, 2.75) is 6.61 Å². The Kier molecular flexibility index (Phi) is 5.27. The maximum atomic E-state index is 11.4. The molecule has 0 bridgehead atoms. The summed E-state index contributed by atoms with van der Waals surface area (Å²) < 4.78 is 5.07. The molecule has 0 unspecified atom stereocenters. The summed E-state index contributed by atoms with van der Waals surface area (Å²) in [6.45, 7) is 0.644. The Bertz CT molecular complexity index is 556. The molecule has 2 rings (SSSR count). The van der Waals surface area contributed by atoms with Gasteiger partial charge in [-0.2, -0.15) is 0 Å². The second-order valence-electron chi connectivity index (χ2n) is 3.98. The minimum Gasteiger partial charge on any atom is -0.445 e. The lowest BCUT2D eigenvalue weighted by Gasteiger charge is -2.05. The van der Waals surface area contributed by atoms with E-state index in [2.05, 4.69) is 15.3 Å². The molecule has 5 nitrogen and oxygen atoms in total. The largest absolute Gasteiger partial charge is 0.445 e. The first kappa shape index (κ1) is 13.7. The number of carbonyl (C=O) groups is 1. The van der Waals surface area contributed by atoms with Crippen LogP contribution in [0.3, 0.4) is 0 Å². The number of hydrogen-bond acceptors (Lipinski definition) is 4. The molecule has 1 aromatic heterocycles. The van der Waals surface area contributed by atoms with E-state index in [9.17, 15) is 4.79 Å². The molecule has 0 radical (unpaired) electrons. The number of alkyl carbamates (subject to hydrolysis) is 1. The van der Waals surface area contributed by atoms with Gasteiger partial charge in [-0.25, -0.2) is 4.79 Å². The van der Waals surface area contributed by atoms with Crippen LogP contribution in [0.5, 0.6) is 0 Å². The van der Waals surface area contributed by atoms with Crippen LogP contribution in [-0.4, -0.2) is 22.6 Å². The number of carbonyl (C=O) groups excluding carboxylic acids is 1. The molecule has 1 amide bonds. The number of ether oxygens (including phenoxy) is 1. The Morgan fingerprint density at radius 1 is 1.25 bits per heavy atom. The molecule has 5 heteroatoms. The predicted molar refractivity (Wildman–Crippen MR) is 75.7 cm³/mol. The second-order valence-corrected chi connectivity index (χ2v) is 3.98. The van der Waals surface area contributed by atoms with Gasteiger partial charge in [0.1, 0.15) is 6.61 Å². The molecule has 0 aliphatic heterocycles. The summed E-state index contributed by atoms with van der Waals surface area (Å²) in [6, 6.07) is 9.53. The van der Waals surface area contributed by atoms with Crippen molar-refractivity contribution in [2.75, 3.05) is 6.54 Å². The summed E-state index contributed by atoms with van der Waals surface area (Å²) in [5, 5.41) is 2.63. The lowest BCUT2D eigenvalue weighted by atomic mass is 10.2. The first-order valence-corrected chi connectivity index (χ1v) is 6.22. The average molecular weight is 269 g/mol. The molecular formula is C15H15N3O2. The summed E-state index contributed by atoms with van der Waals surface area (Å²) >= 11 is 0. The summed E-state index contributed by atoms with van der Waals surface area (Å²) in [6.07, 6.45) is 7.98. The van der Waals surface area contributed by atoms with Crippen LogP contribution in [0, 0.1) is 0 Å². The van der Waals surface area contributed by atoms with Crippen molar-refractivity contribution in [3.8, 4) is 0 Å². The van der Waals surface area contributed by atoms with Gasteiger partial charge < -0.3 is 10.1 Å². The van der Waals surface area contributed by atoms with Crippen LogP contribution in [0.2, 0.25) is 0 Å². The quantitative estimate of drug-likeness (QED) is 0.905. The molecule has 1 N–H and O–H groups in total. The van der Waals surface area contributed by atoms with Crippen molar-refractivity contribution in [3.63, 3.8) is 0 Å². The first-order chi connectivity index (χ1) is 9.84. The van der Waals surface area contributed by atoms with Crippen molar-refractivity contribution in [1.29, 1.82) is 0 Å². The first-order valence-electron chi connectivity index (χ1n) is 6.22. The molecule has 0 aliphatic rings. The van der Waals surface area contributed by atoms with Crippen LogP contribution in [0.25, 0.3) is 6.08 Å². The Hall–Kier alpha value is -2.69. The van der Waals surface area contributed by atoms with Gasteiger partial charge in [-0.3, -0.25) is 9.97 Å². The molecule has 1 heterocycles. The lowest BCUT2D eigenvalue weighted by Crippen LogP contribution is -2.24. The zero-order valence-electron chi connectivity index (χ0n) is 10.9. The highest BCUT2D eigenvalue weighted by molar-refractivity contribution is 5.67. The fraction of sp³-hybridized carbons (Fsp3) is 0.133. The number of nitrogens with one attached hydrogen (secondary N) is 1. The molecule has 2 aromatic rings.